The van der Waals surface area contributed by atoms with E-state index in [-0.39, 0.29) is 29.3 Å². The summed E-state index contributed by atoms with van der Waals surface area (Å²) in [5.74, 6) is -0.410. The molecule has 24 heavy (non-hydrogen) atoms. The normalized spacial score (nSPS) is 10.7. The third-order valence-electron chi connectivity index (χ3n) is 3.79. The molecule has 3 aromatic rings. The van der Waals surface area contributed by atoms with Crippen LogP contribution in [-0.4, -0.2) is 21.0 Å². The van der Waals surface area contributed by atoms with Gasteiger partial charge < -0.3 is 10.2 Å². The van der Waals surface area contributed by atoms with Crippen LogP contribution in [0.5, 0.6) is 11.5 Å². The van der Waals surface area contributed by atoms with Gasteiger partial charge in [0, 0.05) is 17.0 Å². The zero-order valence-electron chi connectivity index (χ0n) is 13.2. The molecule has 0 spiro atoms. The predicted octanol–water partition coefficient (Wildman–Crippen LogP) is 4.21. The first kappa shape index (κ1) is 16.2. The summed E-state index contributed by atoms with van der Waals surface area (Å²) in [6, 6.07) is 12.6. The van der Waals surface area contributed by atoms with Crippen molar-refractivity contribution in [1.82, 2.24) is 4.98 Å². The maximum atomic E-state index is 12.5. The van der Waals surface area contributed by atoms with E-state index in [0.717, 1.165) is 10.6 Å². The van der Waals surface area contributed by atoms with Crippen LogP contribution in [0.2, 0.25) is 0 Å². The summed E-state index contributed by atoms with van der Waals surface area (Å²) in [6.07, 6.45) is 0.700. The molecule has 2 N–H and O–H groups in total. The molecule has 3 rings (SSSR count). The van der Waals surface area contributed by atoms with E-state index in [4.69, 9.17) is 0 Å². The van der Waals surface area contributed by atoms with Crippen LogP contribution in [0.1, 0.15) is 28.5 Å². The molecule has 0 fully saturated rings. The minimum Gasteiger partial charge on any atom is -0.508 e. The summed E-state index contributed by atoms with van der Waals surface area (Å²) in [7, 11) is 0. The van der Waals surface area contributed by atoms with E-state index in [0.29, 0.717) is 17.7 Å². The Bertz CT molecular complexity index is 872. The highest BCUT2D eigenvalue weighted by Crippen LogP contribution is 2.29. The lowest BCUT2D eigenvalue weighted by molar-refractivity contribution is 0.0989. The number of nitrogens with zero attached hydrogens (tertiary/aromatic N) is 1. The zero-order valence-corrected chi connectivity index (χ0v) is 14.0. The minimum atomic E-state index is -0.216. The molecule has 0 amide bonds. The molecule has 4 nitrogen and oxygen atoms in total. The number of aromatic nitrogens is 1. The van der Waals surface area contributed by atoms with Crippen LogP contribution in [0, 0.1) is 0 Å². The van der Waals surface area contributed by atoms with Gasteiger partial charge in [0.15, 0.2) is 5.78 Å². The lowest BCUT2D eigenvalue weighted by atomic mass is 10.0. The number of phenols is 2. The number of carbonyl (C=O) groups excluding carboxylic acids is 1. The van der Waals surface area contributed by atoms with E-state index in [1.54, 1.807) is 6.07 Å². The van der Waals surface area contributed by atoms with Gasteiger partial charge in [0.05, 0.1) is 17.7 Å². The zero-order chi connectivity index (χ0) is 17.1. The van der Waals surface area contributed by atoms with Gasteiger partial charge in [-0.3, -0.25) is 4.79 Å². The van der Waals surface area contributed by atoms with Crippen molar-refractivity contribution in [2.24, 2.45) is 0 Å². The van der Waals surface area contributed by atoms with Gasteiger partial charge in [0.1, 0.15) is 16.5 Å². The van der Waals surface area contributed by atoms with Gasteiger partial charge in [-0.1, -0.05) is 37.3 Å². The fourth-order valence-electron chi connectivity index (χ4n) is 2.49. The maximum Gasteiger partial charge on any atom is 0.172 e. The summed E-state index contributed by atoms with van der Waals surface area (Å²) >= 11 is 1.49. The van der Waals surface area contributed by atoms with Crippen LogP contribution in [0.25, 0.3) is 10.6 Å². The molecule has 0 aliphatic rings. The Hall–Kier alpha value is -2.66. The fourth-order valence-corrected chi connectivity index (χ4v) is 3.32. The Morgan fingerprint density at radius 1 is 1.12 bits per heavy atom. The largest absolute Gasteiger partial charge is 0.508 e. The van der Waals surface area contributed by atoms with E-state index >= 15 is 0 Å². The summed E-state index contributed by atoms with van der Waals surface area (Å²) in [5, 5.41) is 22.4. The third-order valence-corrected chi connectivity index (χ3v) is 4.73. The number of phenolic OH excluding ortho intramolecular Hbond substituents is 2. The number of Topliss-reactive ketones (excluding diaryl/α,β-unsaturated/α-hetero) is 1. The molecule has 0 unspecified atom stereocenters. The molecule has 5 heteroatoms. The Morgan fingerprint density at radius 2 is 1.88 bits per heavy atom. The smallest absolute Gasteiger partial charge is 0.172 e. The summed E-state index contributed by atoms with van der Waals surface area (Å²) in [4.78, 5) is 17.0. The van der Waals surface area contributed by atoms with E-state index in [1.165, 1.54) is 17.4 Å². The molecule has 0 bridgehead atoms. The first-order valence-electron chi connectivity index (χ1n) is 7.66. The fraction of sp³-hybridized carbons (Fsp3) is 0.158. The number of thiazole rings is 1. The highest BCUT2D eigenvalue weighted by atomic mass is 32.1. The van der Waals surface area contributed by atoms with Crippen LogP contribution >= 0.6 is 11.3 Å². The first-order valence-corrected chi connectivity index (χ1v) is 8.54. The van der Waals surface area contributed by atoms with Crippen molar-refractivity contribution in [2.75, 3.05) is 0 Å². The highest BCUT2D eigenvalue weighted by molar-refractivity contribution is 7.13. The Balaban J connectivity index is 1.82. The molecule has 0 saturated heterocycles. The number of aryl methyl sites for hydroxylation is 1. The van der Waals surface area contributed by atoms with Crippen LogP contribution in [0.4, 0.5) is 0 Å². The number of aromatic hydroxyl groups is 2. The second-order valence-corrected chi connectivity index (χ2v) is 6.32. The second kappa shape index (κ2) is 6.84. The molecule has 0 radical (unpaired) electrons. The number of ketones is 1. The van der Waals surface area contributed by atoms with Crippen molar-refractivity contribution in [3.63, 3.8) is 0 Å². The summed E-state index contributed by atoms with van der Waals surface area (Å²) < 4.78 is 0. The van der Waals surface area contributed by atoms with Crippen molar-refractivity contribution in [3.8, 4) is 22.1 Å². The Kier molecular flexibility index (Phi) is 4.62. The molecule has 0 atom stereocenters. The SMILES string of the molecule is CCc1cc(C(=O)Cc2csc(-c3ccccc3)n2)c(O)cc1O. The maximum absolute atomic E-state index is 12.5. The molecular formula is C19H17NO3S. The molecule has 122 valence electrons. The Morgan fingerprint density at radius 3 is 2.58 bits per heavy atom. The molecule has 0 saturated carbocycles. The topological polar surface area (TPSA) is 70.4 Å². The predicted molar refractivity (Wildman–Crippen MR) is 94.7 cm³/mol. The quantitative estimate of drug-likeness (QED) is 0.683. The van der Waals surface area contributed by atoms with E-state index < -0.39 is 0 Å². The van der Waals surface area contributed by atoms with Gasteiger partial charge in [-0.05, 0) is 18.1 Å². The molecule has 0 aliphatic heterocycles. The average molecular weight is 339 g/mol. The molecule has 1 heterocycles. The molecule has 2 aromatic carbocycles. The van der Waals surface area contributed by atoms with Crippen LogP contribution in [0.3, 0.4) is 0 Å². The molecule has 1 aromatic heterocycles. The summed E-state index contributed by atoms with van der Waals surface area (Å²) in [5.41, 5.74) is 2.55. The lowest BCUT2D eigenvalue weighted by Crippen LogP contribution is -2.05. The van der Waals surface area contributed by atoms with Crippen molar-refractivity contribution in [3.05, 3.63) is 64.7 Å². The van der Waals surface area contributed by atoms with Crippen molar-refractivity contribution < 1.29 is 15.0 Å². The van der Waals surface area contributed by atoms with Crippen LogP contribution in [-0.2, 0) is 12.8 Å². The van der Waals surface area contributed by atoms with Crippen LogP contribution in [0.15, 0.2) is 47.8 Å². The first-order chi connectivity index (χ1) is 11.6. The van der Waals surface area contributed by atoms with Gasteiger partial charge >= 0.3 is 0 Å². The average Bonchev–Trinajstić information content (AvgIpc) is 3.04. The number of rotatable bonds is 5. The van der Waals surface area contributed by atoms with Crippen molar-refractivity contribution in [1.29, 1.82) is 0 Å². The highest BCUT2D eigenvalue weighted by Gasteiger charge is 2.16. The van der Waals surface area contributed by atoms with E-state index in [2.05, 4.69) is 4.98 Å². The second-order valence-electron chi connectivity index (χ2n) is 5.46. The van der Waals surface area contributed by atoms with Crippen molar-refractivity contribution >= 4 is 17.1 Å². The van der Waals surface area contributed by atoms with Gasteiger partial charge in [-0.15, -0.1) is 11.3 Å². The number of benzene rings is 2. The monoisotopic (exact) mass is 339 g/mol. The van der Waals surface area contributed by atoms with Crippen molar-refractivity contribution in [2.45, 2.75) is 19.8 Å². The van der Waals surface area contributed by atoms with Gasteiger partial charge in [-0.25, -0.2) is 4.98 Å². The minimum absolute atomic E-state index is 0.00609. The summed E-state index contributed by atoms with van der Waals surface area (Å²) in [6.45, 7) is 1.88. The van der Waals surface area contributed by atoms with Gasteiger partial charge in [0.2, 0.25) is 0 Å². The Labute approximate surface area is 144 Å². The number of carbonyl (C=O) groups is 1. The van der Waals surface area contributed by atoms with Crippen LogP contribution < -0.4 is 0 Å². The van der Waals surface area contributed by atoms with Gasteiger partial charge in [0.25, 0.3) is 0 Å². The van der Waals surface area contributed by atoms with E-state index in [1.807, 2.05) is 42.6 Å². The standard InChI is InChI=1S/C19H17NO3S/c1-2-12-8-15(18(23)10-16(12)21)17(22)9-14-11-24-19(20-14)13-6-4-3-5-7-13/h3-8,10-11,21,23H,2,9H2,1H3. The number of hydrogen-bond acceptors (Lipinski definition) is 5. The molecule has 0 aliphatic carbocycles. The van der Waals surface area contributed by atoms with Gasteiger partial charge in [-0.2, -0.15) is 0 Å². The number of hydrogen-bond donors (Lipinski definition) is 2. The third kappa shape index (κ3) is 3.31. The van der Waals surface area contributed by atoms with E-state index in [9.17, 15) is 15.0 Å². The lowest BCUT2D eigenvalue weighted by Gasteiger charge is -2.07. The molecular weight excluding hydrogens is 322 g/mol.